The summed E-state index contributed by atoms with van der Waals surface area (Å²) in [6.45, 7) is 1.55. The molecule has 1 aliphatic heterocycles. The Balaban J connectivity index is 1.51. The molecule has 0 saturated carbocycles. The molecule has 2 amide bonds. The number of furan rings is 1. The van der Waals surface area contributed by atoms with Crippen LogP contribution in [0.2, 0.25) is 0 Å². The molecule has 3 aromatic rings. The Kier molecular flexibility index (Phi) is 5.30. The molecule has 1 atom stereocenters. The van der Waals surface area contributed by atoms with E-state index in [-0.39, 0.29) is 29.9 Å². The van der Waals surface area contributed by atoms with Gasteiger partial charge in [0.25, 0.3) is 5.56 Å². The number of rotatable bonds is 5. The number of aromatic nitrogens is 2. The minimum atomic E-state index is -0.395. The van der Waals surface area contributed by atoms with Gasteiger partial charge in [0.1, 0.15) is 17.6 Å². The number of hydrogen-bond donors (Lipinski definition) is 2. The summed E-state index contributed by atoms with van der Waals surface area (Å²) in [6.07, 6.45) is 2.84. The Labute approximate surface area is 166 Å². The van der Waals surface area contributed by atoms with E-state index in [0.717, 1.165) is 18.2 Å². The number of nitrogens with one attached hydrogen (secondary N) is 1. The molecule has 1 aliphatic rings. The van der Waals surface area contributed by atoms with Gasteiger partial charge in [0.2, 0.25) is 17.4 Å². The Hall–Kier alpha value is -3.20. The van der Waals surface area contributed by atoms with Gasteiger partial charge in [-0.1, -0.05) is 12.1 Å². The van der Waals surface area contributed by atoms with E-state index in [1.54, 1.807) is 11.0 Å². The molecule has 0 aliphatic carbocycles. The SMILES string of the molecule is NCCNC(=O)C1CCCN(C(=O)Cn2cnc3c(oc4ccccc43)c2=O)C1. The van der Waals surface area contributed by atoms with Gasteiger partial charge in [-0.3, -0.25) is 19.0 Å². The Morgan fingerprint density at radius 3 is 2.97 bits per heavy atom. The third-order valence-electron chi connectivity index (χ3n) is 5.24. The molecule has 1 unspecified atom stereocenters. The number of benzene rings is 1. The van der Waals surface area contributed by atoms with Gasteiger partial charge in [0.05, 0.1) is 12.2 Å². The maximum atomic E-state index is 12.8. The molecular weight excluding hydrogens is 374 g/mol. The predicted molar refractivity (Wildman–Crippen MR) is 107 cm³/mol. The summed E-state index contributed by atoms with van der Waals surface area (Å²) >= 11 is 0. The van der Waals surface area contributed by atoms with E-state index in [0.29, 0.717) is 37.3 Å². The number of amides is 2. The number of carbonyl (C=O) groups is 2. The summed E-state index contributed by atoms with van der Waals surface area (Å²) in [5.41, 5.74) is 6.24. The van der Waals surface area contributed by atoms with Gasteiger partial charge in [-0.05, 0) is 25.0 Å². The van der Waals surface area contributed by atoms with Crippen LogP contribution < -0.4 is 16.6 Å². The lowest BCUT2D eigenvalue weighted by Crippen LogP contribution is -2.47. The van der Waals surface area contributed by atoms with E-state index in [1.807, 2.05) is 18.2 Å². The van der Waals surface area contributed by atoms with Gasteiger partial charge in [-0.15, -0.1) is 0 Å². The zero-order valence-electron chi connectivity index (χ0n) is 16.0. The van der Waals surface area contributed by atoms with Gasteiger partial charge in [0.15, 0.2) is 0 Å². The van der Waals surface area contributed by atoms with E-state index in [4.69, 9.17) is 10.2 Å². The second-order valence-corrected chi connectivity index (χ2v) is 7.21. The molecule has 4 rings (SSSR count). The van der Waals surface area contributed by atoms with Gasteiger partial charge in [-0.2, -0.15) is 0 Å². The van der Waals surface area contributed by atoms with Crippen LogP contribution in [0.5, 0.6) is 0 Å². The molecule has 0 radical (unpaired) electrons. The van der Waals surface area contributed by atoms with Crippen LogP contribution in [0.1, 0.15) is 12.8 Å². The van der Waals surface area contributed by atoms with E-state index < -0.39 is 5.56 Å². The number of piperidine rings is 1. The second-order valence-electron chi connectivity index (χ2n) is 7.21. The lowest BCUT2D eigenvalue weighted by atomic mass is 9.97. The summed E-state index contributed by atoms with van der Waals surface area (Å²) in [5.74, 6) is -0.567. The largest absolute Gasteiger partial charge is 0.448 e. The van der Waals surface area contributed by atoms with Gasteiger partial charge >= 0.3 is 0 Å². The standard InChI is InChI=1S/C20H23N5O4/c21-7-8-22-19(27)13-4-3-9-24(10-13)16(26)11-25-12-23-17-14-5-1-2-6-15(14)29-18(17)20(25)28/h1-2,5-6,12-13H,3-4,7-11,21H2,(H,22,27). The summed E-state index contributed by atoms with van der Waals surface area (Å²) in [7, 11) is 0. The average molecular weight is 397 g/mol. The molecule has 1 saturated heterocycles. The first-order chi connectivity index (χ1) is 14.1. The zero-order valence-corrected chi connectivity index (χ0v) is 16.0. The van der Waals surface area contributed by atoms with Crippen molar-refractivity contribution >= 4 is 33.9 Å². The van der Waals surface area contributed by atoms with Crippen molar-refractivity contribution in [1.29, 1.82) is 0 Å². The van der Waals surface area contributed by atoms with Crippen molar-refractivity contribution < 1.29 is 14.0 Å². The van der Waals surface area contributed by atoms with Crippen LogP contribution >= 0.6 is 0 Å². The van der Waals surface area contributed by atoms with Crippen LogP contribution in [0, 0.1) is 5.92 Å². The molecule has 29 heavy (non-hydrogen) atoms. The fraction of sp³-hybridized carbons (Fsp3) is 0.400. The Bertz CT molecular complexity index is 1120. The molecule has 0 spiro atoms. The van der Waals surface area contributed by atoms with Crippen molar-refractivity contribution in [2.75, 3.05) is 26.2 Å². The number of carbonyl (C=O) groups excluding carboxylic acids is 2. The number of nitrogens with two attached hydrogens (primary N) is 1. The second kappa shape index (κ2) is 8.04. The topological polar surface area (TPSA) is 123 Å². The van der Waals surface area contributed by atoms with E-state index in [9.17, 15) is 14.4 Å². The number of para-hydroxylation sites is 1. The molecule has 9 heteroatoms. The smallest absolute Gasteiger partial charge is 0.297 e. The highest BCUT2D eigenvalue weighted by Gasteiger charge is 2.28. The highest BCUT2D eigenvalue weighted by molar-refractivity contribution is 6.01. The third kappa shape index (κ3) is 3.73. The molecule has 152 valence electrons. The van der Waals surface area contributed by atoms with Crippen molar-refractivity contribution in [3.8, 4) is 0 Å². The Morgan fingerprint density at radius 2 is 2.14 bits per heavy atom. The molecule has 3 N–H and O–H groups in total. The number of nitrogens with zero attached hydrogens (tertiary/aromatic N) is 3. The molecule has 2 aromatic heterocycles. The molecule has 1 fully saturated rings. The van der Waals surface area contributed by atoms with Crippen LogP contribution in [0.15, 0.2) is 39.8 Å². The quantitative estimate of drug-likeness (QED) is 0.645. The molecule has 9 nitrogen and oxygen atoms in total. The van der Waals surface area contributed by atoms with Crippen LogP contribution in [-0.4, -0.2) is 52.4 Å². The van der Waals surface area contributed by atoms with Crippen LogP contribution in [0.4, 0.5) is 0 Å². The highest BCUT2D eigenvalue weighted by Crippen LogP contribution is 2.24. The maximum Gasteiger partial charge on any atom is 0.297 e. The predicted octanol–water partition coefficient (Wildman–Crippen LogP) is 0.456. The molecule has 3 heterocycles. The summed E-state index contributed by atoms with van der Waals surface area (Å²) < 4.78 is 6.91. The first-order valence-electron chi connectivity index (χ1n) is 9.70. The number of fused-ring (bicyclic) bond motifs is 3. The Morgan fingerprint density at radius 1 is 1.31 bits per heavy atom. The van der Waals surface area contributed by atoms with Crippen LogP contribution in [0.25, 0.3) is 22.1 Å². The fourth-order valence-corrected chi connectivity index (χ4v) is 3.73. The van der Waals surface area contributed by atoms with Crippen LogP contribution in [0.3, 0.4) is 0 Å². The first kappa shape index (κ1) is 19.1. The van der Waals surface area contributed by atoms with Crippen molar-refractivity contribution in [3.63, 3.8) is 0 Å². The summed E-state index contributed by atoms with van der Waals surface area (Å²) in [5, 5.41) is 3.54. The van der Waals surface area contributed by atoms with Gasteiger partial charge in [-0.25, -0.2) is 4.98 Å². The molecule has 0 bridgehead atoms. The monoisotopic (exact) mass is 397 g/mol. The lowest BCUT2D eigenvalue weighted by Gasteiger charge is -2.32. The summed E-state index contributed by atoms with van der Waals surface area (Å²) in [4.78, 5) is 43.7. The van der Waals surface area contributed by atoms with E-state index >= 15 is 0 Å². The summed E-state index contributed by atoms with van der Waals surface area (Å²) in [6, 6.07) is 7.29. The maximum absolute atomic E-state index is 12.8. The minimum Gasteiger partial charge on any atom is -0.448 e. The lowest BCUT2D eigenvalue weighted by molar-refractivity contribution is -0.136. The molecule has 1 aromatic carbocycles. The normalized spacial score (nSPS) is 17.0. The van der Waals surface area contributed by atoms with Gasteiger partial charge < -0.3 is 20.4 Å². The third-order valence-corrected chi connectivity index (χ3v) is 5.24. The van der Waals surface area contributed by atoms with Crippen molar-refractivity contribution in [2.24, 2.45) is 11.7 Å². The average Bonchev–Trinajstić information content (AvgIpc) is 3.13. The number of likely N-dealkylation sites (tertiary alicyclic amines) is 1. The zero-order chi connectivity index (χ0) is 20.4. The van der Waals surface area contributed by atoms with Gasteiger partial charge in [0, 0.05) is 31.6 Å². The fourth-order valence-electron chi connectivity index (χ4n) is 3.73. The van der Waals surface area contributed by atoms with E-state index in [1.165, 1.54) is 10.9 Å². The van der Waals surface area contributed by atoms with Crippen molar-refractivity contribution in [3.05, 3.63) is 40.9 Å². The highest BCUT2D eigenvalue weighted by atomic mass is 16.3. The first-order valence-corrected chi connectivity index (χ1v) is 9.70. The minimum absolute atomic E-state index is 0.0875. The van der Waals surface area contributed by atoms with Crippen molar-refractivity contribution in [1.82, 2.24) is 19.8 Å². The molecular formula is C20H23N5O4. The van der Waals surface area contributed by atoms with Crippen LogP contribution in [-0.2, 0) is 16.1 Å². The van der Waals surface area contributed by atoms with Crippen molar-refractivity contribution in [2.45, 2.75) is 19.4 Å². The number of hydrogen-bond acceptors (Lipinski definition) is 6. The van der Waals surface area contributed by atoms with E-state index in [2.05, 4.69) is 10.3 Å².